The van der Waals surface area contributed by atoms with Crippen LogP contribution in [0.15, 0.2) is 34.8 Å². The van der Waals surface area contributed by atoms with Gasteiger partial charge in [0.15, 0.2) is 0 Å². The zero-order valence-electron chi connectivity index (χ0n) is 10.6. The average molecular weight is 325 g/mol. The van der Waals surface area contributed by atoms with Crippen LogP contribution in [0.3, 0.4) is 0 Å². The maximum atomic E-state index is 11.0. The Labute approximate surface area is 121 Å². The van der Waals surface area contributed by atoms with E-state index in [4.69, 9.17) is 0 Å². The van der Waals surface area contributed by atoms with Gasteiger partial charge in [-0.15, -0.1) is 0 Å². The van der Waals surface area contributed by atoms with E-state index >= 15 is 0 Å². The van der Waals surface area contributed by atoms with Crippen LogP contribution >= 0.6 is 15.9 Å². The number of rotatable bonds is 5. The molecule has 0 fully saturated rings. The van der Waals surface area contributed by atoms with Crippen molar-refractivity contribution in [2.24, 2.45) is 5.92 Å². The highest BCUT2D eigenvalue weighted by Gasteiger charge is 2.14. The number of nitrogens with zero attached hydrogens (tertiary/aromatic N) is 1. The Balaban J connectivity index is 1.93. The summed E-state index contributed by atoms with van der Waals surface area (Å²) >= 11 is 3.35. The lowest BCUT2D eigenvalue weighted by molar-refractivity contribution is -0.385. The highest BCUT2D eigenvalue weighted by Crippen LogP contribution is 2.23. The molecule has 102 valence electrons. The summed E-state index contributed by atoms with van der Waals surface area (Å²) in [7, 11) is 0. The van der Waals surface area contributed by atoms with Crippen molar-refractivity contribution in [2.75, 3.05) is 6.54 Å². The summed E-state index contributed by atoms with van der Waals surface area (Å²) in [5, 5.41) is 14.3. The Bertz CT molecular complexity index is 488. The molecule has 0 spiro atoms. The van der Waals surface area contributed by atoms with Crippen LogP contribution < -0.4 is 5.32 Å². The van der Waals surface area contributed by atoms with E-state index in [9.17, 15) is 10.1 Å². The summed E-state index contributed by atoms with van der Waals surface area (Å²) in [5.74, 6) is 0.649. The van der Waals surface area contributed by atoms with Gasteiger partial charge < -0.3 is 5.32 Å². The molecule has 1 atom stereocenters. The number of hydrogen-bond donors (Lipinski definition) is 1. The van der Waals surface area contributed by atoms with Crippen molar-refractivity contribution in [1.29, 1.82) is 0 Å². The molecule has 0 saturated heterocycles. The largest absolute Gasteiger partial charge is 0.312 e. The molecule has 1 N–H and O–H groups in total. The minimum atomic E-state index is -0.327. The van der Waals surface area contributed by atoms with Crippen LogP contribution in [0.2, 0.25) is 0 Å². The monoisotopic (exact) mass is 324 g/mol. The van der Waals surface area contributed by atoms with Gasteiger partial charge in [-0.05, 0) is 43.9 Å². The van der Waals surface area contributed by atoms with Gasteiger partial charge in [-0.1, -0.05) is 28.1 Å². The third kappa shape index (κ3) is 4.14. The Morgan fingerprint density at radius 3 is 2.95 bits per heavy atom. The van der Waals surface area contributed by atoms with Crippen molar-refractivity contribution in [3.63, 3.8) is 0 Å². The number of benzene rings is 1. The van der Waals surface area contributed by atoms with Crippen molar-refractivity contribution in [3.8, 4) is 0 Å². The van der Waals surface area contributed by atoms with E-state index in [0.29, 0.717) is 12.5 Å². The van der Waals surface area contributed by atoms with E-state index in [1.165, 1.54) is 6.42 Å². The van der Waals surface area contributed by atoms with Crippen LogP contribution in [0.25, 0.3) is 0 Å². The fraction of sp³-hybridized carbons (Fsp3) is 0.429. The second-order valence-electron chi connectivity index (χ2n) is 4.81. The number of allylic oxidation sites excluding steroid dienone is 2. The van der Waals surface area contributed by atoms with Gasteiger partial charge in [0.2, 0.25) is 0 Å². The lowest BCUT2D eigenvalue weighted by atomic mass is 9.94. The Morgan fingerprint density at radius 2 is 2.26 bits per heavy atom. The van der Waals surface area contributed by atoms with Crippen LogP contribution in [0.1, 0.15) is 24.8 Å². The van der Waals surface area contributed by atoms with Crippen LogP contribution in [0, 0.1) is 16.0 Å². The summed E-state index contributed by atoms with van der Waals surface area (Å²) < 4.78 is 0.871. The first kappa shape index (κ1) is 14.2. The van der Waals surface area contributed by atoms with E-state index in [1.807, 2.05) is 6.07 Å². The summed E-state index contributed by atoms with van der Waals surface area (Å²) in [6, 6.07) is 5.06. The molecule has 1 aromatic carbocycles. The van der Waals surface area contributed by atoms with Crippen LogP contribution in [0.5, 0.6) is 0 Å². The first-order chi connectivity index (χ1) is 9.16. The van der Waals surface area contributed by atoms with Crippen molar-refractivity contribution in [2.45, 2.75) is 25.8 Å². The molecule has 0 aliphatic heterocycles. The number of halogens is 1. The molecule has 1 unspecified atom stereocenters. The first-order valence-corrected chi connectivity index (χ1v) is 7.24. The second-order valence-corrected chi connectivity index (χ2v) is 5.73. The molecule has 0 saturated carbocycles. The standard InChI is InChI=1S/C14H17BrN2O2/c15-13-6-7-14(17(18)19)12(8-13)10-16-9-11-4-2-1-3-5-11/h1-2,6-8,11,16H,3-5,9-10H2. The predicted molar refractivity (Wildman–Crippen MR) is 79.0 cm³/mol. The van der Waals surface area contributed by atoms with Gasteiger partial charge in [0.25, 0.3) is 5.69 Å². The number of nitro benzene ring substituents is 1. The molecule has 19 heavy (non-hydrogen) atoms. The van der Waals surface area contributed by atoms with Gasteiger partial charge in [0, 0.05) is 22.6 Å². The highest BCUT2D eigenvalue weighted by atomic mass is 79.9. The van der Waals surface area contributed by atoms with Gasteiger partial charge >= 0.3 is 0 Å². The molecule has 0 aromatic heterocycles. The molecule has 1 aliphatic rings. The van der Waals surface area contributed by atoms with E-state index < -0.39 is 0 Å². The Kier molecular flexibility index (Phi) is 5.10. The van der Waals surface area contributed by atoms with Gasteiger partial charge in [0.1, 0.15) is 0 Å². The maximum Gasteiger partial charge on any atom is 0.273 e. The zero-order chi connectivity index (χ0) is 13.7. The molecule has 0 amide bonds. The van der Waals surface area contributed by atoms with E-state index in [2.05, 4.69) is 33.4 Å². The van der Waals surface area contributed by atoms with Gasteiger partial charge in [-0.25, -0.2) is 0 Å². The van der Waals surface area contributed by atoms with Gasteiger partial charge in [-0.3, -0.25) is 10.1 Å². The smallest absolute Gasteiger partial charge is 0.273 e. The van der Waals surface area contributed by atoms with Gasteiger partial charge in [0.05, 0.1) is 4.92 Å². The predicted octanol–water partition coefficient (Wildman–Crippen LogP) is 3.80. The summed E-state index contributed by atoms with van der Waals surface area (Å²) in [6.07, 6.45) is 7.88. The highest BCUT2D eigenvalue weighted by molar-refractivity contribution is 9.10. The first-order valence-electron chi connectivity index (χ1n) is 6.45. The molecule has 0 radical (unpaired) electrons. The molecule has 1 aromatic rings. The van der Waals surface area contributed by atoms with Crippen molar-refractivity contribution in [3.05, 3.63) is 50.5 Å². The average Bonchev–Trinajstić information content (AvgIpc) is 2.39. The molecule has 0 bridgehead atoms. The molecule has 5 heteroatoms. The zero-order valence-corrected chi connectivity index (χ0v) is 12.2. The molecule has 0 heterocycles. The summed E-state index contributed by atoms with van der Waals surface area (Å²) in [5.41, 5.74) is 0.907. The molecule has 1 aliphatic carbocycles. The summed E-state index contributed by atoms with van der Waals surface area (Å²) in [4.78, 5) is 10.6. The lowest BCUT2D eigenvalue weighted by Crippen LogP contribution is -2.23. The lowest BCUT2D eigenvalue weighted by Gasteiger charge is -2.18. The minimum Gasteiger partial charge on any atom is -0.312 e. The molecule has 2 rings (SSSR count). The van der Waals surface area contributed by atoms with E-state index in [0.717, 1.165) is 29.4 Å². The Hall–Kier alpha value is -1.20. The number of hydrogen-bond acceptors (Lipinski definition) is 3. The third-order valence-electron chi connectivity index (χ3n) is 3.36. The van der Waals surface area contributed by atoms with Crippen LogP contribution in [-0.4, -0.2) is 11.5 Å². The van der Waals surface area contributed by atoms with E-state index in [-0.39, 0.29) is 10.6 Å². The third-order valence-corrected chi connectivity index (χ3v) is 3.86. The Morgan fingerprint density at radius 1 is 1.42 bits per heavy atom. The van der Waals surface area contributed by atoms with Crippen LogP contribution in [0.4, 0.5) is 5.69 Å². The van der Waals surface area contributed by atoms with Crippen molar-refractivity contribution in [1.82, 2.24) is 5.32 Å². The van der Waals surface area contributed by atoms with Crippen LogP contribution in [-0.2, 0) is 6.54 Å². The topological polar surface area (TPSA) is 55.2 Å². The van der Waals surface area contributed by atoms with E-state index in [1.54, 1.807) is 12.1 Å². The SMILES string of the molecule is O=[N+]([O-])c1ccc(Br)cc1CNCC1CC=CCC1. The normalized spacial score (nSPS) is 18.5. The second kappa shape index (κ2) is 6.82. The fourth-order valence-corrected chi connectivity index (χ4v) is 2.73. The maximum absolute atomic E-state index is 11.0. The molecule has 4 nitrogen and oxygen atoms in total. The number of nitrogens with one attached hydrogen (secondary N) is 1. The van der Waals surface area contributed by atoms with Crippen molar-refractivity contribution >= 4 is 21.6 Å². The van der Waals surface area contributed by atoms with Crippen molar-refractivity contribution < 1.29 is 4.92 Å². The minimum absolute atomic E-state index is 0.180. The molecular weight excluding hydrogens is 308 g/mol. The fourth-order valence-electron chi connectivity index (χ4n) is 2.33. The summed E-state index contributed by atoms with van der Waals surface area (Å²) in [6.45, 7) is 1.45. The number of nitro groups is 1. The quantitative estimate of drug-likeness (QED) is 0.509. The van der Waals surface area contributed by atoms with Gasteiger partial charge in [-0.2, -0.15) is 0 Å². The molecular formula is C14H17BrN2O2.